The molecule has 0 aromatic carbocycles. The number of aromatic nitrogens is 1. The molecule has 0 saturated carbocycles. The highest BCUT2D eigenvalue weighted by molar-refractivity contribution is 5.91. The summed E-state index contributed by atoms with van der Waals surface area (Å²) >= 11 is 0. The van der Waals surface area contributed by atoms with Crippen LogP contribution >= 0.6 is 0 Å². The van der Waals surface area contributed by atoms with Crippen molar-refractivity contribution in [3.63, 3.8) is 0 Å². The van der Waals surface area contributed by atoms with Crippen LogP contribution in [0.15, 0.2) is 10.6 Å². The van der Waals surface area contributed by atoms with E-state index >= 15 is 0 Å². The van der Waals surface area contributed by atoms with Gasteiger partial charge in [0, 0.05) is 25.7 Å². The summed E-state index contributed by atoms with van der Waals surface area (Å²) < 4.78 is 4.80. The van der Waals surface area contributed by atoms with Crippen LogP contribution in [0.1, 0.15) is 23.2 Å². The van der Waals surface area contributed by atoms with E-state index in [2.05, 4.69) is 15.8 Å². The van der Waals surface area contributed by atoms with Crippen molar-refractivity contribution in [2.75, 3.05) is 19.6 Å². The van der Waals surface area contributed by atoms with E-state index < -0.39 is 0 Å². The number of amides is 1. The third-order valence-electron chi connectivity index (χ3n) is 1.88. The zero-order valence-corrected chi connectivity index (χ0v) is 9.49. The van der Waals surface area contributed by atoms with Gasteiger partial charge in [-0.3, -0.25) is 4.79 Å². The van der Waals surface area contributed by atoms with Crippen LogP contribution in [0.25, 0.3) is 0 Å². The first kappa shape index (κ1) is 12.7. The van der Waals surface area contributed by atoms with Crippen molar-refractivity contribution >= 4 is 5.91 Å². The molecule has 1 unspecified atom stereocenters. The molecule has 0 saturated heterocycles. The quantitative estimate of drug-likeness (QED) is 0.580. The average Bonchev–Trinajstić information content (AvgIpc) is 2.63. The molecule has 3 N–H and O–H groups in total. The van der Waals surface area contributed by atoms with Gasteiger partial charge in [-0.2, -0.15) is 0 Å². The van der Waals surface area contributed by atoms with Crippen LogP contribution in [0.4, 0.5) is 0 Å². The molecule has 1 rings (SSSR count). The Morgan fingerprint density at radius 3 is 2.94 bits per heavy atom. The third kappa shape index (κ3) is 4.41. The van der Waals surface area contributed by atoms with Crippen molar-refractivity contribution in [1.29, 1.82) is 0 Å². The molecule has 0 aliphatic heterocycles. The van der Waals surface area contributed by atoms with E-state index in [1.54, 1.807) is 19.9 Å². The Morgan fingerprint density at radius 2 is 2.38 bits per heavy atom. The molecule has 1 atom stereocenters. The molecular formula is C10H17N3O3. The molecule has 90 valence electrons. The fourth-order valence-electron chi connectivity index (χ4n) is 1.13. The molecule has 1 heterocycles. The Morgan fingerprint density at radius 1 is 1.62 bits per heavy atom. The number of hydrogen-bond acceptors (Lipinski definition) is 5. The lowest BCUT2D eigenvalue weighted by Gasteiger charge is -2.06. The predicted octanol–water partition coefficient (Wildman–Crippen LogP) is -0.317. The minimum absolute atomic E-state index is 0.216. The molecule has 1 aromatic heterocycles. The number of aliphatic hydroxyl groups excluding tert-OH is 1. The fourth-order valence-corrected chi connectivity index (χ4v) is 1.13. The van der Waals surface area contributed by atoms with Gasteiger partial charge in [0.25, 0.3) is 5.91 Å². The van der Waals surface area contributed by atoms with Gasteiger partial charge >= 0.3 is 0 Å². The summed E-state index contributed by atoms with van der Waals surface area (Å²) in [6.45, 7) is 5.04. The Labute approximate surface area is 94.0 Å². The highest BCUT2D eigenvalue weighted by Crippen LogP contribution is 2.00. The molecule has 1 amide bonds. The smallest absolute Gasteiger partial charge is 0.289 e. The second-order valence-corrected chi connectivity index (χ2v) is 3.64. The van der Waals surface area contributed by atoms with E-state index in [9.17, 15) is 4.79 Å². The summed E-state index contributed by atoms with van der Waals surface area (Å²) in [6.07, 6.45) is -0.382. The number of carbonyl (C=O) groups excluding carboxylic acids is 1. The Balaban J connectivity index is 2.16. The normalized spacial score (nSPS) is 12.4. The second kappa shape index (κ2) is 6.24. The Bertz CT molecular complexity index is 336. The lowest BCUT2D eigenvalue weighted by atomic mass is 10.3. The van der Waals surface area contributed by atoms with Gasteiger partial charge in [-0.05, 0) is 13.8 Å². The maximum absolute atomic E-state index is 11.4. The van der Waals surface area contributed by atoms with Crippen LogP contribution in [0.3, 0.4) is 0 Å². The Kier molecular flexibility index (Phi) is 4.94. The first-order valence-corrected chi connectivity index (χ1v) is 5.20. The van der Waals surface area contributed by atoms with Gasteiger partial charge in [0.15, 0.2) is 0 Å². The topological polar surface area (TPSA) is 87.4 Å². The second-order valence-electron chi connectivity index (χ2n) is 3.64. The summed E-state index contributed by atoms with van der Waals surface area (Å²) in [5.74, 6) is -0.0625. The van der Waals surface area contributed by atoms with Gasteiger partial charge < -0.3 is 20.3 Å². The van der Waals surface area contributed by atoms with Gasteiger partial charge in [0.2, 0.25) is 5.76 Å². The zero-order valence-electron chi connectivity index (χ0n) is 9.49. The van der Waals surface area contributed by atoms with Gasteiger partial charge in [0.1, 0.15) is 0 Å². The van der Waals surface area contributed by atoms with Crippen LogP contribution in [0.2, 0.25) is 0 Å². The minimum Gasteiger partial charge on any atom is -0.392 e. The van der Waals surface area contributed by atoms with Crippen molar-refractivity contribution in [3.05, 3.63) is 17.5 Å². The largest absolute Gasteiger partial charge is 0.392 e. The van der Waals surface area contributed by atoms with E-state index in [0.717, 1.165) is 0 Å². The number of nitrogens with zero attached hydrogens (tertiary/aromatic N) is 1. The summed E-state index contributed by atoms with van der Waals surface area (Å²) in [6, 6.07) is 1.58. The molecular weight excluding hydrogens is 210 g/mol. The van der Waals surface area contributed by atoms with Crippen LogP contribution < -0.4 is 10.6 Å². The average molecular weight is 227 g/mol. The van der Waals surface area contributed by atoms with Crippen molar-refractivity contribution < 1.29 is 14.4 Å². The van der Waals surface area contributed by atoms with E-state index in [0.29, 0.717) is 25.3 Å². The molecule has 16 heavy (non-hydrogen) atoms. The number of aliphatic hydroxyl groups is 1. The number of rotatable bonds is 6. The van der Waals surface area contributed by atoms with Crippen molar-refractivity contribution in [1.82, 2.24) is 15.8 Å². The molecule has 6 heteroatoms. The molecule has 0 aliphatic rings. The van der Waals surface area contributed by atoms with E-state index in [4.69, 9.17) is 9.63 Å². The molecule has 0 spiro atoms. The first-order valence-electron chi connectivity index (χ1n) is 5.20. The molecule has 6 nitrogen and oxygen atoms in total. The van der Waals surface area contributed by atoms with Crippen LogP contribution in [-0.2, 0) is 0 Å². The monoisotopic (exact) mass is 227 g/mol. The van der Waals surface area contributed by atoms with Gasteiger partial charge in [-0.25, -0.2) is 0 Å². The summed E-state index contributed by atoms with van der Waals surface area (Å²) in [5, 5.41) is 18.2. The highest BCUT2D eigenvalue weighted by atomic mass is 16.5. The van der Waals surface area contributed by atoms with Crippen LogP contribution in [0, 0.1) is 6.92 Å². The molecule has 1 aromatic rings. The van der Waals surface area contributed by atoms with Crippen LogP contribution in [0.5, 0.6) is 0 Å². The molecule has 0 radical (unpaired) electrons. The van der Waals surface area contributed by atoms with Crippen molar-refractivity contribution in [2.24, 2.45) is 0 Å². The maximum Gasteiger partial charge on any atom is 0.289 e. The fraction of sp³-hybridized carbons (Fsp3) is 0.600. The molecule has 0 aliphatic carbocycles. The lowest BCUT2D eigenvalue weighted by molar-refractivity contribution is 0.0916. The van der Waals surface area contributed by atoms with Gasteiger partial charge in [-0.15, -0.1) is 0 Å². The summed E-state index contributed by atoms with van der Waals surface area (Å²) in [4.78, 5) is 11.4. The summed E-state index contributed by atoms with van der Waals surface area (Å²) in [5.41, 5.74) is 0.678. The Hall–Kier alpha value is -1.40. The summed E-state index contributed by atoms with van der Waals surface area (Å²) in [7, 11) is 0. The number of nitrogens with one attached hydrogen (secondary N) is 2. The maximum atomic E-state index is 11.4. The highest BCUT2D eigenvalue weighted by Gasteiger charge is 2.09. The van der Waals surface area contributed by atoms with E-state index in [-0.39, 0.29) is 17.8 Å². The number of carbonyl (C=O) groups is 1. The van der Waals surface area contributed by atoms with Crippen molar-refractivity contribution in [2.45, 2.75) is 20.0 Å². The van der Waals surface area contributed by atoms with Gasteiger partial charge in [0.05, 0.1) is 11.8 Å². The standard InChI is InChI=1S/C10H17N3O3/c1-7-5-9(16-13-7)10(15)12-4-3-11-6-8(2)14/h5,8,11,14H,3-4,6H2,1-2H3,(H,12,15). The lowest BCUT2D eigenvalue weighted by Crippen LogP contribution is -2.34. The number of hydrogen-bond donors (Lipinski definition) is 3. The third-order valence-corrected chi connectivity index (χ3v) is 1.88. The zero-order chi connectivity index (χ0) is 12.0. The molecule has 0 fully saturated rings. The van der Waals surface area contributed by atoms with Crippen molar-refractivity contribution in [3.8, 4) is 0 Å². The SMILES string of the molecule is Cc1cc(C(=O)NCCNCC(C)O)on1. The number of aryl methyl sites for hydroxylation is 1. The first-order chi connectivity index (χ1) is 7.59. The van der Waals surface area contributed by atoms with Gasteiger partial charge in [-0.1, -0.05) is 5.16 Å². The van der Waals surface area contributed by atoms with Crippen LogP contribution in [-0.4, -0.2) is 41.9 Å². The van der Waals surface area contributed by atoms with E-state index in [1.807, 2.05) is 0 Å². The van der Waals surface area contributed by atoms with E-state index in [1.165, 1.54) is 0 Å². The minimum atomic E-state index is -0.382. The molecule has 0 bridgehead atoms. The predicted molar refractivity (Wildman–Crippen MR) is 58.1 cm³/mol.